The molecule has 1 fully saturated rings. The van der Waals surface area contributed by atoms with E-state index in [0.29, 0.717) is 11.3 Å². The van der Waals surface area contributed by atoms with E-state index in [1.807, 2.05) is 54.2 Å². The Labute approximate surface area is 185 Å². The molecule has 0 amide bonds. The van der Waals surface area contributed by atoms with Crippen molar-refractivity contribution in [3.05, 3.63) is 72.8 Å². The molecule has 7 heteroatoms. The largest absolute Gasteiger partial charge is 0.368 e. The molecular formula is C25H25F2N5. The molecule has 0 N–H and O–H groups in total. The zero-order chi connectivity index (χ0) is 22.3. The summed E-state index contributed by atoms with van der Waals surface area (Å²) in [5.41, 5.74) is 4.04. The molecule has 5 rings (SSSR count). The molecule has 5 nitrogen and oxygen atoms in total. The third kappa shape index (κ3) is 3.68. The van der Waals surface area contributed by atoms with Gasteiger partial charge in [0.25, 0.3) is 5.92 Å². The number of hydrogen-bond donors (Lipinski definition) is 0. The molecule has 0 radical (unpaired) electrons. The number of hydrogen-bond acceptors (Lipinski definition) is 4. The number of benzene rings is 1. The first-order valence-electron chi connectivity index (χ1n) is 10.7. The lowest BCUT2D eigenvalue weighted by Gasteiger charge is -2.38. The molecule has 4 heterocycles. The first-order chi connectivity index (χ1) is 15.4. The molecular weight excluding hydrogens is 408 g/mol. The van der Waals surface area contributed by atoms with Gasteiger partial charge in [-0.3, -0.25) is 9.97 Å². The SMILES string of the molecule is Cn1ccc2cc(C(C)(F)F)c(-c3ncccc3N3CCN(c4ccncc4)CC3)cc21. The quantitative estimate of drug-likeness (QED) is 0.450. The Bertz CT molecular complexity index is 1240. The van der Waals surface area contributed by atoms with Crippen molar-refractivity contribution in [3.63, 3.8) is 0 Å². The summed E-state index contributed by atoms with van der Waals surface area (Å²) < 4.78 is 31.3. The van der Waals surface area contributed by atoms with Crippen molar-refractivity contribution in [3.8, 4) is 11.3 Å². The molecule has 0 unspecified atom stereocenters. The van der Waals surface area contributed by atoms with Crippen molar-refractivity contribution in [2.24, 2.45) is 7.05 Å². The predicted octanol–water partition coefficient (Wildman–Crippen LogP) is 5.07. The fraction of sp³-hybridized carbons (Fsp3) is 0.280. The van der Waals surface area contributed by atoms with Crippen LogP contribution in [0.5, 0.6) is 0 Å². The summed E-state index contributed by atoms with van der Waals surface area (Å²) in [7, 11) is 1.92. The highest BCUT2D eigenvalue weighted by Crippen LogP contribution is 2.41. The number of piperazine rings is 1. The molecule has 4 aromatic rings. The van der Waals surface area contributed by atoms with Gasteiger partial charge in [-0.1, -0.05) is 0 Å². The van der Waals surface area contributed by atoms with E-state index in [1.54, 1.807) is 24.7 Å². The van der Waals surface area contributed by atoms with Gasteiger partial charge in [-0.25, -0.2) is 8.78 Å². The van der Waals surface area contributed by atoms with Gasteiger partial charge in [0.2, 0.25) is 0 Å². The topological polar surface area (TPSA) is 37.2 Å². The summed E-state index contributed by atoms with van der Waals surface area (Å²) in [6, 6.07) is 13.2. The van der Waals surface area contributed by atoms with Crippen LogP contribution >= 0.6 is 0 Å². The maximum atomic E-state index is 14.7. The Kier molecular flexibility index (Phi) is 5.04. The standard InChI is InChI=1S/C25H25F2N5/c1-25(26,27)21-16-18-7-11-30(2)23(18)17-20(21)24-22(4-3-8-29-24)32-14-12-31(13-15-32)19-5-9-28-10-6-19/h3-11,16-17H,12-15H2,1-2H3. The summed E-state index contributed by atoms with van der Waals surface area (Å²) >= 11 is 0. The van der Waals surface area contributed by atoms with Crippen LogP contribution < -0.4 is 9.80 Å². The highest BCUT2D eigenvalue weighted by atomic mass is 19.3. The van der Waals surface area contributed by atoms with E-state index < -0.39 is 5.92 Å². The predicted molar refractivity (Wildman–Crippen MR) is 124 cm³/mol. The van der Waals surface area contributed by atoms with Crippen molar-refractivity contribution in [2.75, 3.05) is 36.0 Å². The van der Waals surface area contributed by atoms with Crippen LogP contribution in [-0.2, 0) is 13.0 Å². The molecule has 1 saturated heterocycles. The van der Waals surface area contributed by atoms with Crippen LogP contribution in [-0.4, -0.2) is 40.7 Å². The molecule has 1 aliphatic heterocycles. The number of alkyl halides is 2. The van der Waals surface area contributed by atoms with Crippen LogP contribution in [0.1, 0.15) is 12.5 Å². The molecule has 164 valence electrons. The Hall–Kier alpha value is -3.48. The van der Waals surface area contributed by atoms with Gasteiger partial charge in [0.1, 0.15) is 0 Å². The van der Waals surface area contributed by atoms with Crippen molar-refractivity contribution in [1.29, 1.82) is 0 Å². The van der Waals surface area contributed by atoms with E-state index in [2.05, 4.69) is 19.8 Å². The monoisotopic (exact) mass is 433 g/mol. The van der Waals surface area contributed by atoms with Crippen LogP contribution in [0.25, 0.3) is 22.2 Å². The minimum absolute atomic E-state index is 0.00608. The summed E-state index contributed by atoms with van der Waals surface area (Å²) in [6.45, 7) is 4.20. The summed E-state index contributed by atoms with van der Waals surface area (Å²) in [5, 5.41) is 0.802. The van der Waals surface area contributed by atoms with Crippen LogP contribution in [0.3, 0.4) is 0 Å². The van der Waals surface area contributed by atoms with Crippen molar-refractivity contribution in [2.45, 2.75) is 12.8 Å². The van der Waals surface area contributed by atoms with Gasteiger partial charge in [0.15, 0.2) is 0 Å². The molecule has 1 aliphatic rings. The van der Waals surface area contributed by atoms with Crippen molar-refractivity contribution < 1.29 is 8.78 Å². The number of aryl methyl sites for hydroxylation is 1. The highest BCUT2D eigenvalue weighted by molar-refractivity contribution is 5.90. The third-order valence-electron chi connectivity index (χ3n) is 6.19. The average molecular weight is 434 g/mol. The summed E-state index contributed by atoms with van der Waals surface area (Å²) in [5.74, 6) is -2.98. The second-order valence-electron chi connectivity index (χ2n) is 8.32. The number of anilines is 2. The van der Waals surface area contributed by atoms with E-state index in [1.165, 1.54) is 0 Å². The fourth-order valence-electron chi connectivity index (χ4n) is 4.50. The lowest BCUT2D eigenvalue weighted by molar-refractivity contribution is 0.0182. The zero-order valence-corrected chi connectivity index (χ0v) is 18.2. The van der Waals surface area contributed by atoms with Gasteiger partial charge >= 0.3 is 0 Å². The number of rotatable bonds is 4. The first-order valence-corrected chi connectivity index (χ1v) is 10.7. The number of aromatic nitrogens is 3. The van der Waals surface area contributed by atoms with E-state index in [4.69, 9.17) is 0 Å². The maximum absolute atomic E-state index is 14.7. The van der Waals surface area contributed by atoms with Crippen LogP contribution in [0.4, 0.5) is 20.2 Å². The fourth-order valence-corrected chi connectivity index (χ4v) is 4.50. The van der Waals surface area contributed by atoms with Gasteiger partial charge in [-0.15, -0.1) is 0 Å². The maximum Gasteiger partial charge on any atom is 0.271 e. The van der Waals surface area contributed by atoms with Gasteiger partial charge in [0.05, 0.1) is 11.4 Å². The molecule has 0 spiro atoms. The lowest BCUT2D eigenvalue weighted by Crippen LogP contribution is -2.46. The summed E-state index contributed by atoms with van der Waals surface area (Å²) in [4.78, 5) is 13.2. The zero-order valence-electron chi connectivity index (χ0n) is 18.2. The van der Waals surface area contributed by atoms with E-state index >= 15 is 0 Å². The van der Waals surface area contributed by atoms with E-state index in [9.17, 15) is 8.78 Å². The normalized spacial score (nSPS) is 14.9. The second-order valence-corrected chi connectivity index (χ2v) is 8.32. The van der Waals surface area contributed by atoms with Crippen LogP contribution in [0.15, 0.2) is 67.3 Å². The lowest BCUT2D eigenvalue weighted by atomic mass is 9.96. The molecule has 0 aliphatic carbocycles. The molecule has 32 heavy (non-hydrogen) atoms. The van der Waals surface area contributed by atoms with Crippen LogP contribution in [0.2, 0.25) is 0 Å². The minimum atomic E-state index is -2.98. The number of fused-ring (bicyclic) bond motifs is 1. The van der Waals surface area contributed by atoms with Crippen LogP contribution in [0, 0.1) is 0 Å². The first kappa shape index (κ1) is 20.4. The van der Waals surface area contributed by atoms with Crippen molar-refractivity contribution in [1.82, 2.24) is 14.5 Å². The highest BCUT2D eigenvalue weighted by Gasteiger charge is 2.31. The molecule has 0 saturated carbocycles. The Morgan fingerprint density at radius 3 is 2.34 bits per heavy atom. The third-order valence-corrected chi connectivity index (χ3v) is 6.19. The van der Waals surface area contributed by atoms with E-state index in [-0.39, 0.29) is 5.56 Å². The van der Waals surface area contributed by atoms with Gasteiger partial charge in [-0.05, 0) is 42.5 Å². The molecule has 0 atom stereocenters. The van der Waals surface area contributed by atoms with Gasteiger partial charge < -0.3 is 14.4 Å². The van der Waals surface area contributed by atoms with Gasteiger partial charge in [-0.2, -0.15) is 0 Å². The smallest absolute Gasteiger partial charge is 0.271 e. The number of nitrogens with zero attached hydrogens (tertiary/aromatic N) is 5. The molecule has 1 aromatic carbocycles. The number of halogens is 2. The van der Waals surface area contributed by atoms with E-state index in [0.717, 1.165) is 55.4 Å². The molecule has 3 aromatic heterocycles. The Morgan fingerprint density at radius 2 is 1.62 bits per heavy atom. The Balaban J connectivity index is 1.53. The minimum Gasteiger partial charge on any atom is -0.368 e. The number of pyridine rings is 2. The summed E-state index contributed by atoms with van der Waals surface area (Å²) in [6.07, 6.45) is 7.17. The average Bonchev–Trinajstić information content (AvgIpc) is 3.18. The second kappa shape index (κ2) is 7.89. The van der Waals surface area contributed by atoms with Gasteiger partial charge in [0, 0.05) is 92.7 Å². The Morgan fingerprint density at radius 1 is 0.906 bits per heavy atom. The molecule has 0 bridgehead atoms. The van der Waals surface area contributed by atoms with Crippen molar-refractivity contribution >= 4 is 22.3 Å².